The van der Waals surface area contributed by atoms with Gasteiger partial charge in [-0.25, -0.2) is 5.43 Å². The summed E-state index contributed by atoms with van der Waals surface area (Å²) in [7, 11) is 1.57. The van der Waals surface area contributed by atoms with Crippen molar-refractivity contribution in [2.45, 2.75) is 25.4 Å². The molecule has 1 heterocycles. The number of para-hydroxylation sites is 1. The van der Waals surface area contributed by atoms with Crippen LogP contribution in [0, 0.1) is 0 Å². The van der Waals surface area contributed by atoms with Crippen molar-refractivity contribution in [2.75, 3.05) is 7.11 Å². The van der Waals surface area contributed by atoms with E-state index in [0.29, 0.717) is 39.6 Å². The summed E-state index contributed by atoms with van der Waals surface area (Å²) in [4.78, 5) is 17.7. The first-order valence-electron chi connectivity index (χ1n) is 11.5. The van der Waals surface area contributed by atoms with E-state index in [0.717, 1.165) is 40.6 Å². The number of rotatable bonds is 8. The van der Waals surface area contributed by atoms with Gasteiger partial charge < -0.3 is 9.47 Å². The second-order valence-electron chi connectivity index (χ2n) is 8.53. The molecular weight excluding hydrogens is 497 g/mol. The highest BCUT2D eigenvalue weighted by atomic mass is 35.5. The summed E-state index contributed by atoms with van der Waals surface area (Å²) in [5, 5.41) is 5.94. The van der Waals surface area contributed by atoms with Crippen molar-refractivity contribution in [1.82, 2.24) is 10.4 Å². The third-order valence-electron chi connectivity index (χ3n) is 5.92. The zero-order valence-electron chi connectivity index (χ0n) is 19.5. The molecule has 1 amide bonds. The topological polar surface area (TPSA) is 72.8 Å². The third-order valence-corrected chi connectivity index (χ3v) is 6.66. The molecule has 5 rings (SSSR count). The number of hydrogen-bond donors (Lipinski definition) is 1. The van der Waals surface area contributed by atoms with E-state index in [-0.39, 0.29) is 5.91 Å². The van der Waals surface area contributed by atoms with Crippen LogP contribution in [-0.2, 0) is 6.61 Å². The molecule has 0 spiro atoms. The maximum absolute atomic E-state index is 13.0. The molecule has 0 unspecified atom stereocenters. The van der Waals surface area contributed by atoms with Gasteiger partial charge in [0.05, 0.1) is 34.4 Å². The molecule has 4 aromatic rings. The van der Waals surface area contributed by atoms with Crippen LogP contribution < -0.4 is 14.9 Å². The second-order valence-corrected chi connectivity index (χ2v) is 9.35. The quantitative estimate of drug-likeness (QED) is 0.206. The van der Waals surface area contributed by atoms with Gasteiger partial charge in [0.15, 0.2) is 11.5 Å². The fourth-order valence-electron chi connectivity index (χ4n) is 3.87. The average molecular weight is 520 g/mol. The number of amides is 1. The molecule has 0 aliphatic heterocycles. The lowest BCUT2D eigenvalue weighted by molar-refractivity contribution is 0.0956. The van der Waals surface area contributed by atoms with Gasteiger partial charge in [-0.15, -0.1) is 0 Å². The molecule has 0 bridgehead atoms. The molecule has 1 aliphatic carbocycles. The number of fused-ring (bicyclic) bond motifs is 1. The lowest BCUT2D eigenvalue weighted by atomic mass is 10.1. The number of methoxy groups -OCH3 is 1. The van der Waals surface area contributed by atoms with Crippen molar-refractivity contribution in [3.05, 3.63) is 99.2 Å². The minimum atomic E-state index is -0.278. The molecular formula is C28H23Cl2N3O3. The summed E-state index contributed by atoms with van der Waals surface area (Å²) in [6.45, 7) is 0.305. The summed E-state index contributed by atoms with van der Waals surface area (Å²) in [5.74, 6) is 1.27. The normalized spacial score (nSPS) is 13.2. The molecule has 1 aliphatic rings. The van der Waals surface area contributed by atoms with Crippen LogP contribution in [0.15, 0.2) is 71.8 Å². The van der Waals surface area contributed by atoms with E-state index in [9.17, 15) is 4.79 Å². The van der Waals surface area contributed by atoms with E-state index in [2.05, 4.69) is 10.5 Å². The Morgan fingerprint density at radius 2 is 1.89 bits per heavy atom. The molecule has 1 aromatic heterocycles. The van der Waals surface area contributed by atoms with Crippen LogP contribution in [0.3, 0.4) is 0 Å². The van der Waals surface area contributed by atoms with E-state index in [1.807, 2.05) is 42.5 Å². The summed E-state index contributed by atoms with van der Waals surface area (Å²) in [6, 6.07) is 20.3. The Balaban J connectivity index is 1.28. The van der Waals surface area contributed by atoms with Crippen LogP contribution in [0.2, 0.25) is 10.0 Å². The van der Waals surface area contributed by atoms with Crippen LogP contribution in [0.25, 0.3) is 10.9 Å². The van der Waals surface area contributed by atoms with E-state index in [1.54, 1.807) is 37.6 Å². The Kier molecular flexibility index (Phi) is 7.07. The molecule has 0 radical (unpaired) electrons. The number of carbonyl (C=O) groups is 1. The van der Waals surface area contributed by atoms with E-state index in [1.165, 1.54) is 0 Å². The molecule has 182 valence electrons. The molecule has 0 atom stereocenters. The van der Waals surface area contributed by atoms with Gasteiger partial charge in [0.2, 0.25) is 0 Å². The fraction of sp³-hybridized carbons (Fsp3) is 0.179. The van der Waals surface area contributed by atoms with Gasteiger partial charge in [0.25, 0.3) is 5.91 Å². The van der Waals surface area contributed by atoms with Gasteiger partial charge in [0.1, 0.15) is 6.61 Å². The van der Waals surface area contributed by atoms with Gasteiger partial charge in [-0.05, 0) is 66.4 Å². The lowest BCUT2D eigenvalue weighted by Gasteiger charge is -2.12. The minimum Gasteiger partial charge on any atom is -0.493 e. The number of benzene rings is 3. The molecule has 3 aromatic carbocycles. The van der Waals surface area contributed by atoms with Crippen molar-refractivity contribution in [2.24, 2.45) is 5.10 Å². The highest BCUT2D eigenvalue weighted by Gasteiger charge is 2.26. The van der Waals surface area contributed by atoms with Gasteiger partial charge >= 0.3 is 0 Å². The second kappa shape index (κ2) is 10.6. The largest absolute Gasteiger partial charge is 0.493 e. The number of aromatic nitrogens is 1. The maximum atomic E-state index is 13.0. The smallest absolute Gasteiger partial charge is 0.272 e. The van der Waals surface area contributed by atoms with Gasteiger partial charge in [-0.3, -0.25) is 9.78 Å². The number of halogens is 2. The molecule has 36 heavy (non-hydrogen) atoms. The Hall–Kier alpha value is -3.61. The first-order valence-corrected chi connectivity index (χ1v) is 12.3. The summed E-state index contributed by atoms with van der Waals surface area (Å²) in [6.07, 6.45) is 3.79. The first kappa shape index (κ1) is 24.1. The fourth-order valence-corrected chi connectivity index (χ4v) is 4.19. The molecule has 0 saturated heterocycles. The minimum absolute atomic E-state index is 0.278. The maximum Gasteiger partial charge on any atom is 0.272 e. The summed E-state index contributed by atoms with van der Waals surface area (Å²) in [5.41, 5.74) is 6.62. The summed E-state index contributed by atoms with van der Waals surface area (Å²) >= 11 is 12.1. The number of carbonyl (C=O) groups excluding carboxylic acids is 1. The SMILES string of the molecule is COc1cc(/C=N/NC(=O)c2cc(C3CC3)nc3ccccc23)ccc1OCc1ccc(Cl)c(Cl)c1. The van der Waals surface area contributed by atoms with Crippen molar-refractivity contribution in [3.8, 4) is 11.5 Å². The average Bonchev–Trinajstić information content (AvgIpc) is 3.74. The Labute approximate surface area is 218 Å². The standard InChI is InChI=1S/C28H23Cl2N3O3/c1-35-27-13-17(7-11-26(27)36-16-18-6-10-22(29)23(30)12-18)15-31-33-28(34)21-14-25(19-8-9-19)32-24-5-3-2-4-20(21)24/h2-7,10-15,19H,8-9,16H2,1H3,(H,33,34)/b31-15+. The Morgan fingerprint density at radius 3 is 2.67 bits per heavy atom. The van der Waals surface area contributed by atoms with E-state index < -0.39 is 0 Å². The van der Waals surface area contributed by atoms with Crippen molar-refractivity contribution < 1.29 is 14.3 Å². The zero-order valence-corrected chi connectivity index (χ0v) is 21.0. The van der Waals surface area contributed by atoms with Crippen molar-refractivity contribution >= 4 is 46.2 Å². The number of pyridine rings is 1. The first-order chi connectivity index (χ1) is 17.5. The van der Waals surface area contributed by atoms with Crippen LogP contribution >= 0.6 is 23.2 Å². The predicted octanol–water partition coefficient (Wildman–Crippen LogP) is 6.77. The zero-order chi connectivity index (χ0) is 25.1. The van der Waals surface area contributed by atoms with Crippen LogP contribution in [0.1, 0.15) is 45.9 Å². The number of hydrazone groups is 1. The number of nitrogens with zero attached hydrogens (tertiary/aromatic N) is 2. The Bertz CT molecular complexity index is 1470. The van der Waals surface area contributed by atoms with Gasteiger partial charge in [-0.2, -0.15) is 5.10 Å². The highest BCUT2D eigenvalue weighted by molar-refractivity contribution is 6.42. The van der Waals surface area contributed by atoms with Crippen LogP contribution in [-0.4, -0.2) is 24.2 Å². The lowest BCUT2D eigenvalue weighted by Crippen LogP contribution is -2.18. The molecule has 6 nitrogen and oxygen atoms in total. The highest BCUT2D eigenvalue weighted by Crippen LogP contribution is 2.40. The Morgan fingerprint density at radius 1 is 1.06 bits per heavy atom. The van der Waals surface area contributed by atoms with E-state index in [4.69, 9.17) is 37.7 Å². The predicted molar refractivity (Wildman–Crippen MR) is 143 cm³/mol. The molecule has 8 heteroatoms. The third kappa shape index (κ3) is 5.45. The van der Waals surface area contributed by atoms with Gasteiger partial charge in [-0.1, -0.05) is 47.5 Å². The van der Waals surface area contributed by atoms with Crippen LogP contribution in [0.5, 0.6) is 11.5 Å². The number of nitrogens with one attached hydrogen (secondary N) is 1. The van der Waals surface area contributed by atoms with Gasteiger partial charge in [0, 0.05) is 17.0 Å². The van der Waals surface area contributed by atoms with Crippen LogP contribution in [0.4, 0.5) is 0 Å². The van der Waals surface area contributed by atoms with E-state index >= 15 is 0 Å². The number of ether oxygens (including phenoxy) is 2. The molecule has 1 saturated carbocycles. The van der Waals surface area contributed by atoms with Crippen molar-refractivity contribution in [3.63, 3.8) is 0 Å². The monoisotopic (exact) mass is 519 g/mol. The molecule has 1 N–H and O–H groups in total. The number of hydrogen-bond acceptors (Lipinski definition) is 5. The van der Waals surface area contributed by atoms with Crippen molar-refractivity contribution in [1.29, 1.82) is 0 Å². The summed E-state index contributed by atoms with van der Waals surface area (Å²) < 4.78 is 11.4. The molecule has 1 fully saturated rings.